The van der Waals surface area contributed by atoms with E-state index >= 15 is 0 Å². The van der Waals surface area contributed by atoms with Crippen LogP contribution in [0.15, 0.2) is 24.3 Å². The van der Waals surface area contributed by atoms with Crippen LogP contribution in [0, 0.1) is 11.8 Å². The van der Waals surface area contributed by atoms with E-state index in [2.05, 4.69) is 52.0 Å². The van der Waals surface area contributed by atoms with Gasteiger partial charge in [-0.3, -0.25) is 0 Å². The highest BCUT2D eigenvalue weighted by Crippen LogP contribution is 2.39. The van der Waals surface area contributed by atoms with Crippen molar-refractivity contribution >= 4 is 0 Å². The first-order valence-electron chi connectivity index (χ1n) is 8.24. The Morgan fingerprint density at radius 2 is 1.70 bits per heavy atom. The molecule has 1 heteroatoms. The fourth-order valence-electron chi connectivity index (χ4n) is 3.73. The van der Waals surface area contributed by atoms with E-state index in [9.17, 15) is 0 Å². The summed E-state index contributed by atoms with van der Waals surface area (Å²) in [4.78, 5) is 0. The van der Waals surface area contributed by atoms with Crippen LogP contribution in [0.5, 0.6) is 0 Å². The fraction of sp³-hybridized carbons (Fsp3) is 0.684. The molecule has 0 heterocycles. The van der Waals surface area contributed by atoms with Crippen LogP contribution in [0.1, 0.15) is 70.4 Å². The number of benzene rings is 1. The van der Waals surface area contributed by atoms with Crippen molar-refractivity contribution in [2.24, 2.45) is 17.6 Å². The second-order valence-corrected chi connectivity index (χ2v) is 7.64. The molecule has 3 atom stereocenters. The molecule has 1 aliphatic rings. The van der Waals surface area contributed by atoms with Crippen LogP contribution in [0.2, 0.25) is 0 Å². The van der Waals surface area contributed by atoms with Crippen molar-refractivity contribution in [3.8, 4) is 0 Å². The van der Waals surface area contributed by atoms with Gasteiger partial charge in [0.05, 0.1) is 0 Å². The summed E-state index contributed by atoms with van der Waals surface area (Å²) in [6.45, 7) is 10.0. The van der Waals surface area contributed by atoms with Gasteiger partial charge in [0.15, 0.2) is 0 Å². The SMILES string of the molecule is CC1CCCCC1C(CN)c1ccc(C(C)(C)C)cc1. The maximum Gasteiger partial charge on any atom is -0.000546 e. The van der Waals surface area contributed by atoms with Gasteiger partial charge in [-0.15, -0.1) is 0 Å². The summed E-state index contributed by atoms with van der Waals surface area (Å²) in [5, 5.41) is 0. The molecule has 1 aromatic rings. The van der Waals surface area contributed by atoms with Crippen LogP contribution in [0.25, 0.3) is 0 Å². The molecule has 3 unspecified atom stereocenters. The third-order valence-electron chi connectivity index (χ3n) is 5.15. The van der Waals surface area contributed by atoms with E-state index in [1.165, 1.54) is 36.8 Å². The predicted molar refractivity (Wildman–Crippen MR) is 88.1 cm³/mol. The molecule has 0 aliphatic heterocycles. The van der Waals surface area contributed by atoms with Crippen molar-refractivity contribution in [3.05, 3.63) is 35.4 Å². The summed E-state index contributed by atoms with van der Waals surface area (Å²) in [5.74, 6) is 2.13. The Kier molecular flexibility index (Phi) is 4.90. The minimum atomic E-state index is 0.231. The average molecular weight is 273 g/mol. The van der Waals surface area contributed by atoms with Crippen molar-refractivity contribution in [1.29, 1.82) is 0 Å². The molecular weight excluding hydrogens is 242 g/mol. The van der Waals surface area contributed by atoms with Gasteiger partial charge in [0.25, 0.3) is 0 Å². The monoisotopic (exact) mass is 273 g/mol. The molecule has 0 aromatic heterocycles. The molecule has 0 saturated heterocycles. The molecule has 1 nitrogen and oxygen atoms in total. The highest BCUT2D eigenvalue weighted by atomic mass is 14.6. The van der Waals surface area contributed by atoms with Crippen LogP contribution >= 0.6 is 0 Å². The number of hydrogen-bond donors (Lipinski definition) is 1. The Morgan fingerprint density at radius 1 is 1.10 bits per heavy atom. The zero-order valence-electron chi connectivity index (χ0n) is 13.7. The minimum Gasteiger partial charge on any atom is -0.330 e. The molecule has 20 heavy (non-hydrogen) atoms. The first kappa shape index (κ1) is 15.6. The summed E-state index contributed by atoms with van der Waals surface area (Å²) >= 11 is 0. The van der Waals surface area contributed by atoms with E-state index in [-0.39, 0.29) is 5.41 Å². The standard InChI is InChI=1S/C19H31N/c1-14-7-5-6-8-17(14)18(13-20)15-9-11-16(12-10-15)19(2,3)4/h9-12,14,17-18H,5-8,13,20H2,1-4H3. The van der Waals surface area contributed by atoms with E-state index in [4.69, 9.17) is 5.73 Å². The third-order valence-corrected chi connectivity index (χ3v) is 5.15. The molecule has 2 N–H and O–H groups in total. The van der Waals surface area contributed by atoms with Crippen molar-refractivity contribution in [2.75, 3.05) is 6.54 Å². The van der Waals surface area contributed by atoms with Gasteiger partial charge in [-0.25, -0.2) is 0 Å². The van der Waals surface area contributed by atoms with E-state index in [1.54, 1.807) is 0 Å². The zero-order valence-corrected chi connectivity index (χ0v) is 13.7. The van der Waals surface area contributed by atoms with Crippen LogP contribution < -0.4 is 5.73 Å². The summed E-state index contributed by atoms with van der Waals surface area (Å²) in [6, 6.07) is 9.23. The molecule has 0 amide bonds. The third kappa shape index (κ3) is 3.44. The van der Waals surface area contributed by atoms with Crippen molar-refractivity contribution in [2.45, 2.75) is 64.7 Å². The number of nitrogens with two attached hydrogens (primary N) is 1. The van der Waals surface area contributed by atoms with Crippen molar-refractivity contribution in [1.82, 2.24) is 0 Å². The number of rotatable bonds is 3. The molecule has 1 aliphatic carbocycles. The molecule has 1 aromatic carbocycles. The average Bonchev–Trinajstić information content (AvgIpc) is 2.41. The summed E-state index contributed by atoms with van der Waals surface area (Å²) in [7, 11) is 0. The molecule has 0 radical (unpaired) electrons. The van der Waals surface area contributed by atoms with Gasteiger partial charge in [-0.2, -0.15) is 0 Å². The Labute approximate surface area is 125 Å². The van der Waals surface area contributed by atoms with Crippen molar-refractivity contribution in [3.63, 3.8) is 0 Å². The second kappa shape index (κ2) is 6.30. The summed E-state index contributed by atoms with van der Waals surface area (Å²) in [6.07, 6.45) is 5.51. The minimum absolute atomic E-state index is 0.231. The largest absolute Gasteiger partial charge is 0.330 e. The lowest BCUT2D eigenvalue weighted by Gasteiger charge is -2.35. The van der Waals surface area contributed by atoms with E-state index < -0.39 is 0 Å². The first-order chi connectivity index (χ1) is 9.43. The Morgan fingerprint density at radius 3 is 2.20 bits per heavy atom. The molecule has 112 valence electrons. The topological polar surface area (TPSA) is 26.0 Å². The van der Waals surface area contributed by atoms with E-state index in [0.717, 1.165) is 18.4 Å². The number of hydrogen-bond acceptors (Lipinski definition) is 1. The van der Waals surface area contributed by atoms with Crippen LogP contribution in [-0.2, 0) is 5.41 Å². The van der Waals surface area contributed by atoms with Crippen molar-refractivity contribution < 1.29 is 0 Å². The molecule has 0 bridgehead atoms. The predicted octanol–water partition coefficient (Wildman–Crippen LogP) is 4.85. The maximum absolute atomic E-state index is 6.12. The van der Waals surface area contributed by atoms with Gasteiger partial charge in [0.1, 0.15) is 0 Å². The molecule has 1 saturated carbocycles. The van der Waals surface area contributed by atoms with Gasteiger partial charge in [0, 0.05) is 0 Å². The Hall–Kier alpha value is -0.820. The van der Waals surface area contributed by atoms with Gasteiger partial charge in [-0.1, -0.05) is 71.2 Å². The van der Waals surface area contributed by atoms with Gasteiger partial charge in [-0.05, 0) is 47.3 Å². The highest BCUT2D eigenvalue weighted by Gasteiger charge is 2.29. The lowest BCUT2D eigenvalue weighted by molar-refractivity contribution is 0.218. The van der Waals surface area contributed by atoms with Gasteiger partial charge >= 0.3 is 0 Å². The Bertz CT molecular complexity index is 412. The zero-order chi connectivity index (χ0) is 14.8. The van der Waals surface area contributed by atoms with E-state index in [1.807, 2.05) is 0 Å². The normalized spacial score (nSPS) is 25.4. The summed E-state index contributed by atoms with van der Waals surface area (Å²) < 4.78 is 0. The van der Waals surface area contributed by atoms with Crippen LogP contribution in [-0.4, -0.2) is 6.54 Å². The fourth-order valence-corrected chi connectivity index (χ4v) is 3.73. The van der Waals surface area contributed by atoms with Gasteiger partial charge < -0.3 is 5.73 Å². The van der Waals surface area contributed by atoms with E-state index in [0.29, 0.717) is 5.92 Å². The van der Waals surface area contributed by atoms with Crippen LogP contribution in [0.3, 0.4) is 0 Å². The first-order valence-corrected chi connectivity index (χ1v) is 8.24. The highest BCUT2D eigenvalue weighted by molar-refractivity contribution is 5.30. The second-order valence-electron chi connectivity index (χ2n) is 7.64. The summed E-state index contributed by atoms with van der Waals surface area (Å²) in [5.41, 5.74) is 9.21. The Balaban J connectivity index is 2.19. The molecule has 2 rings (SSSR count). The molecular formula is C19H31N. The maximum atomic E-state index is 6.12. The molecule has 0 spiro atoms. The lowest BCUT2D eigenvalue weighted by Crippen LogP contribution is -2.29. The quantitative estimate of drug-likeness (QED) is 0.837. The molecule has 1 fully saturated rings. The van der Waals surface area contributed by atoms with Gasteiger partial charge in [0.2, 0.25) is 0 Å². The smallest absolute Gasteiger partial charge is 0.000546 e. The lowest BCUT2D eigenvalue weighted by atomic mass is 9.71. The van der Waals surface area contributed by atoms with Crippen LogP contribution in [0.4, 0.5) is 0 Å².